The highest BCUT2D eigenvalue weighted by Gasteiger charge is 2.34. The standard InChI is InChI=1S/C40H50N2O6/c1-2-23-42(35-11-6-7-12-35)27-36-25-37(32-17-15-29(28-43)16-18-32)48-40(47-36)33-21-19-31(20-22-33)34-10-8-9-30(24-34)26-41-38(44)13-4-3-5-14-39(45)46/h2,8-10,15-22,24,35-37,40,43H,1,3-7,11-14,23,25-28H2,(H,41,44)(H,45,46). The summed E-state index contributed by atoms with van der Waals surface area (Å²) in [6.07, 6.45) is 9.63. The first-order chi connectivity index (χ1) is 23.4. The lowest BCUT2D eigenvalue weighted by molar-refractivity contribution is -0.253. The van der Waals surface area contributed by atoms with Gasteiger partial charge in [0.1, 0.15) is 0 Å². The summed E-state index contributed by atoms with van der Waals surface area (Å²) in [4.78, 5) is 25.5. The van der Waals surface area contributed by atoms with Crippen molar-refractivity contribution in [3.63, 3.8) is 0 Å². The summed E-state index contributed by atoms with van der Waals surface area (Å²) >= 11 is 0. The number of aliphatic hydroxyl groups is 1. The summed E-state index contributed by atoms with van der Waals surface area (Å²) in [6.45, 7) is 6.15. The Kier molecular flexibility index (Phi) is 13.4. The third-order valence-corrected chi connectivity index (χ3v) is 9.49. The number of amides is 1. The maximum Gasteiger partial charge on any atom is 0.303 e. The molecule has 0 radical (unpaired) electrons. The summed E-state index contributed by atoms with van der Waals surface area (Å²) in [7, 11) is 0. The highest BCUT2D eigenvalue weighted by molar-refractivity contribution is 5.76. The van der Waals surface area contributed by atoms with E-state index in [1.807, 2.05) is 30.3 Å². The van der Waals surface area contributed by atoms with Crippen LogP contribution >= 0.6 is 0 Å². The molecule has 8 nitrogen and oxygen atoms in total. The van der Waals surface area contributed by atoms with Crippen LogP contribution in [0.15, 0.2) is 85.5 Å². The molecule has 3 atom stereocenters. The van der Waals surface area contributed by atoms with Gasteiger partial charge in [-0.3, -0.25) is 14.5 Å². The molecule has 0 bridgehead atoms. The van der Waals surface area contributed by atoms with E-state index in [-0.39, 0.29) is 31.1 Å². The van der Waals surface area contributed by atoms with Crippen molar-refractivity contribution in [3.05, 3.63) is 108 Å². The number of hydrogen-bond donors (Lipinski definition) is 3. The Morgan fingerprint density at radius 3 is 2.31 bits per heavy atom. The molecule has 3 aromatic rings. The molecule has 1 amide bonds. The number of aliphatic hydroxyl groups excluding tert-OH is 1. The Hall–Kier alpha value is -3.82. The van der Waals surface area contributed by atoms with E-state index in [0.29, 0.717) is 31.8 Å². The zero-order valence-electron chi connectivity index (χ0n) is 27.9. The SMILES string of the molecule is C=CCN(CC1CC(c2ccc(CO)cc2)OC(c2ccc(-c3cccc(CNC(=O)CCCCCC(=O)O)c3)cc2)O1)C1CCCC1. The molecule has 1 aliphatic heterocycles. The van der Waals surface area contributed by atoms with Gasteiger partial charge in [-0.25, -0.2) is 0 Å². The molecule has 1 heterocycles. The molecule has 2 aliphatic rings. The minimum absolute atomic E-state index is 0.0110. The molecular formula is C40H50N2O6. The van der Waals surface area contributed by atoms with Crippen molar-refractivity contribution in [2.75, 3.05) is 13.1 Å². The predicted octanol–water partition coefficient (Wildman–Crippen LogP) is 7.47. The number of benzene rings is 3. The normalized spacial score (nSPS) is 19.8. The van der Waals surface area contributed by atoms with Crippen molar-refractivity contribution in [3.8, 4) is 11.1 Å². The van der Waals surface area contributed by atoms with Crippen LogP contribution in [0.4, 0.5) is 0 Å². The highest BCUT2D eigenvalue weighted by atomic mass is 16.7. The monoisotopic (exact) mass is 654 g/mol. The number of carbonyl (C=O) groups is 2. The maximum atomic E-state index is 12.3. The third-order valence-electron chi connectivity index (χ3n) is 9.49. The zero-order chi connectivity index (χ0) is 33.7. The van der Waals surface area contributed by atoms with Crippen LogP contribution in [-0.4, -0.2) is 52.2 Å². The summed E-state index contributed by atoms with van der Waals surface area (Å²) in [6, 6.07) is 25.1. The first kappa shape index (κ1) is 35.5. The molecule has 1 saturated heterocycles. The quantitative estimate of drug-likeness (QED) is 0.102. The number of carboxylic acid groups (broad SMARTS) is 1. The summed E-state index contributed by atoms with van der Waals surface area (Å²) in [5.74, 6) is -0.821. The van der Waals surface area contributed by atoms with Gasteiger partial charge >= 0.3 is 5.97 Å². The van der Waals surface area contributed by atoms with Crippen molar-refractivity contribution < 1.29 is 29.3 Å². The molecule has 3 unspecified atom stereocenters. The fourth-order valence-corrected chi connectivity index (χ4v) is 6.82. The Morgan fingerprint density at radius 1 is 0.875 bits per heavy atom. The van der Waals surface area contributed by atoms with Crippen molar-refractivity contribution in [2.45, 2.75) is 102 Å². The number of nitrogens with one attached hydrogen (secondary N) is 1. The van der Waals surface area contributed by atoms with Crippen LogP contribution in [0.3, 0.4) is 0 Å². The van der Waals surface area contributed by atoms with Crippen molar-refractivity contribution >= 4 is 11.9 Å². The van der Waals surface area contributed by atoms with Gasteiger partial charge in [-0.1, -0.05) is 92.1 Å². The van der Waals surface area contributed by atoms with Gasteiger partial charge in [-0.15, -0.1) is 6.58 Å². The van der Waals surface area contributed by atoms with Gasteiger partial charge in [0.2, 0.25) is 5.91 Å². The van der Waals surface area contributed by atoms with Gasteiger partial charge in [0.15, 0.2) is 6.29 Å². The fraction of sp³-hybridized carbons (Fsp3) is 0.450. The molecule has 256 valence electrons. The lowest BCUT2D eigenvalue weighted by Crippen LogP contribution is -2.43. The average Bonchev–Trinajstić information content (AvgIpc) is 3.66. The Labute approximate surface area is 284 Å². The highest BCUT2D eigenvalue weighted by Crippen LogP contribution is 2.39. The number of aliphatic carboxylic acids is 1. The van der Waals surface area contributed by atoms with E-state index in [1.54, 1.807) is 0 Å². The lowest BCUT2D eigenvalue weighted by Gasteiger charge is -2.39. The van der Waals surface area contributed by atoms with E-state index in [9.17, 15) is 14.7 Å². The smallest absolute Gasteiger partial charge is 0.303 e. The second-order valence-electron chi connectivity index (χ2n) is 13.1. The molecule has 48 heavy (non-hydrogen) atoms. The fourth-order valence-electron chi connectivity index (χ4n) is 6.82. The van der Waals surface area contributed by atoms with Crippen molar-refractivity contribution in [2.24, 2.45) is 0 Å². The minimum atomic E-state index is -0.797. The number of nitrogens with zero attached hydrogens (tertiary/aromatic N) is 1. The predicted molar refractivity (Wildman–Crippen MR) is 187 cm³/mol. The molecular weight excluding hydrogens is 604 g/mol. The molecule has 0 aromatic heterocycles. The Balaban J connectivity index is 1.24. The van der Waals surface area contributed by atoms with Crippen LogP contribution in [0.25, 0.3) is 11.1 Å². The number of carbonyl (C=O) groups excluding carboxylic acids is 1. The van der Waals surface area contributed by atoms with Crippen LogP contribution in [0, 0.1) is 0 Å². The van der Waals surface area contributed by atoms with Crippen LogP contribution in [0.5, 0.6) is 0 Å². The maximum absolute atomic E-state index is 12.3. The molecule has 1 saturated carbocycles. The Morgan fingerprint density at radius 2 is 1.60 bits per heavy atom. The second kappa shape index (κ2) is 18.1. The lowest BCUT2D eigenvalue weighted by atomic mass is 9.98. The average molecular weight is 655 g/mol. The van der Waals surface area contributed by atoms with Gasteiger partial charge in [0.25, 0.3) is 0 Å². The Bertz CT molecular complexity index is 1470. The largest absolute Gasteiger partial charge is 0.481 e. The molecule has 5 rings (SSSR count). The zero-order valence-corrected chi connectivity index (χ0v) is 27.9. The summed E-state index contributed by atoms with van der Waals surface area (Å²) in [5, 5.41) is 21.3. The van der Waals surface area contributed by atoms with Gasteiger partial charge in [-0.05, 0) is 59.6 Å². The van der Waals surface area contributed by atoms with Gasteiger partial charge < -0.3 is 25.0 Å². The number of carboxylic acids is 1. The van der Waals surface area contributed by atoms with Crippen LogP contribution in [0.2, 0.25) is 0 Å². The summed E-state index contributed by atoms with van der Waals surface area (Å²) in [5.41, 5.74) is 6.06. The molecule has 3 N–H and O–H groups in total. The number of hydrogen-bond acceptors (Lipinski definition) is 6. The van der Waals surface area contributed by atoms with Gasteiger partial charge in [-0.2, -0.15) is 0 Å². The molecule has 1 aliphatic carbocycles. The van der Waals surface area contributed by atoms with Gasteiger partial charge in [0, 0.05) is 50.5 Å². The topological polar surface area (TPSA) is 108 Å². The molecule has 2 fully saturated rings. The third kappa shape index (κ3) is 10.3. The van der Waals surface area contributed by atoms with Crippen LogP contribution in [-0.2, 0) is 32.2 Å². The van der Waals surface area contributed by atoms with Crippen LogP contribution < -0.4 is 5.32 Å². The van der Waals surface area contributed by atoms with E-state index >= 15 is 0 Å². The first-order valence-corrected chi connectivity index (χ1v) is 17.4. The van der Waals surface area contributed by atoms with Gasteiger partial charge in [0.05, 0.1) is 18.8 Å². The number of rotatable bonds is 17. The van der Waals surface area contributed by atoms with Crippen molar-refractivity contribution in [1.82, 2.24) is 10.2 Å². The first-order valence-electron chi connectivity index (χ1n) is 17.4. The van der Waals surface area contributed by atoms with E-state index in [4.69, 9.17) is 14.6 Å². The van der Waals surface area contributed by atoms with E-state index < -0.39 is 12.3 Å². The van der Waals surface area contributed by atoms with E-state index in [2.05, 4.69) is 65.3 Å². The number of ether oxygens (including phenoxy) is 2. The van der Waals surface area contributed by atoms with E-state index in [1.165, 1.54) is 25.7 Å². The van der Waals surface area contributed by atoms with Crippen LogP contribution in [0.1, 0.15) is 98.9 Å². The summed E-state index contributed by atoms with van der Waals surface area (Å²) < 4.78 is 13.3. The number of unbranched alkanes of at least 4 members (excludes halogenated alkanes) is 2. The minimum Gasteiger partial charge on any atom is -0.481 e. The molecule has 8 heteroatoms. The molecule has 3 aromatic carbocycles. The van der Waals surface area contributed by atoms with E-state index in [0.717, 1.165) is 59.3 Å². The second-order valence-corrected chi connectivity index (χ2v) is 13.1. The molecule has 0 spiro atoms. The van der Waals surface area contributed by atoms with Crippen molar-refractivity contribution in [1.29, 1.82) is 0 Å².